The fraction of sp³-hybridized carbons (Fsp3) is 0.444. The molecule has 0 unspecified atom stereocenters. The Morgan fingerprint density at radius 3 is 2.57 bits per heavy atom. The third kappa shape index (κ3) is 6.14. The van der Waals surface area contributed by atoms with Crippen LogP contribution in [-0.2, 0) is 11.2 Å². The van der Waals surface area contributed by atoms with E-state index in [0.29, 0.717) is 6.42 Å². The lowest BCUT2D eigenvalue weighted by atomic mass is 10.0. The zero-order valence-electron chi connectivity index (χ0n) is 13.8. The molecule has 0 radical (unpaired) electrons. The van der Waals surface area contributed by atoms with E-state index in [1.54, 1.807) is 0 Å². The Hall–Kier alpha value is -2.30. The summed E-state index contributed by atoms with van der Waals surface area (Å²) in [7, 11) is 0. The van der Waals surface area contributed by atoms with Gasteiger partial charge >= 0.3 is 6.03 Å². The Bertz CT molecular complexity index is 564. The average Bonchev–Trinajstić information content (AvgIpc) is 2.49. The fourth-order valence-corrected chi connectivity index (χ4v) is 2.53. The first-order valence-corrected chi connectivity index (χ1v) is 8.15. The van der Waals surface area contributed by atoms with Crippen molar-refractivity contribution in [2.45, 2.75) is 51.6 Å². The molecule has 0 aromatic heterocycles. The highest BCUT2D eigenvalue weighted by atomic mass is 16.2. The monoisotopic (exact) mass is 315 g/mol. The van der Waals surface area contributed by atoms with Gasteiger partial charge in [-0.25, -0.2) is 4.79 Å². The number of rotatable bonds is 5. The first-order chi connectivity index (χ1) is 11.0. The zero-order chi connectivity index (χ0) is 16.7. The molecule has 2 rings (SSSR count). The SMILES string of the molecule is CC(C)NC(=O)Cc1ccc(NC(=O)N[C@H]2C=CCCC2)cc1. The first-order valence-electron chi connectivity index (χ1n) is 8.15. The molecule has 1 aromatic rings. The summed E-state index contributed by atoms with van der Waals surface area (Å²) in [4.78, 5) is 23.7. The summed E-state index contributed by atoms with van der Waals surface area (Å²) in [5.74, 6) is 0.00235. The van der Waals surface area contributed by atoms with Gasteiger partial charge in [-0.2, -0.15) is 0 Å². The highest BCUT2D eigenvalue weighted by Gasteiger charge is 2.11. The lowest BCUT2D eigenvalue weighted by molar-refractivity contribution is -0.120. The topological polar surface area (TPSA) is 70.2 Å². The summed E-state index contributed by atoms with van der Waals surface area (Å²) in [6.45, 7) is 3.87. The maximum Gasteiger partial charge on any atom is 0.319 e. The first kappa shape index (κ1) is 17.1. The summed E-state index contributed by atoms with van der Waals surface area (Å²) in [5.41, 5.74) is 1.64. The van der Waals surface area contributed by atoms with Gasteiger partial charge in [0.2, 0.25) is 5.91 Å². The van der Waals surface area contributed by atoms with Crippen LogP contribution in [0.1, 0.15) is 38.7 Å². The van der Waals surface area contributed by atoms with Crippen LogP contribution in [-0.4, -0.2) is 24.0 Å². The third-order valence-corrected chi connectivity index (χ3v) is 3.60. The highest BCUT2D eigenvalue weighted by molar-refractivity contribution is 5.89. The van der Waals surface area contributed by atoms with Gasteiger partial charge in [-0.05, 0) is 50.8 Å². The maximum absolute atomic E-state index is 11.9. The van der Waals surface area contributed by atoms with Gasteiger partial charge in [0.1, 0.15) is 0 Å². The van der Waals surface area contributed by atoms with Gasteiger partial charge in [-0.15, -0.1) is 0 Å². The van der Waals surface area contributed by atoms with Crippen LogP contribution >= 0.6 is 0 Å². The molecule has 1 aromatic carbocycles. The minimum absolute atomic E-state index is 0.00235. The van der Waals surface area contributed by atoms with E-state index in [9.17, 15) is 9.59 Å². The molecule has 0 fully saturated rings. The van der Waals surface area contributed by atoms with Crippen molar-refractivity contribution in [3.05, 3.63) is 42.0 Å². The molecule has 3 amide bonds. The van der Waals surface area contributed by atoms with Crippen molar-refractivity contribution in [3.8, 4) is 0 Å². The molecule has 0 heterocycles. The Morgan fingerprint density at radius 1 is 1.22 bits per heavy atom. The quantitative estimate of drug-likeness (QED) is 0.731. The molecule has 0 bridgehead atoms. The molecular weight excluding hydrogens is 290 g/mol. The van der Waals surface area contributed by atoms with Crippen molar-refractivity contribution in [1.82, 2.24) is 10.6 Å². The van der Waals surface area contributed by atoms with E-state index in [0.717, 1.165) is 30.5 Å². The van der Waals surface area contributed by atoms with E-state index in [1.165, 1.54) is 0 Å². The number of hydrogen-bond acceptors (Lipinski definition) is 2. The Balaban J connectivity index is 1.82. The molecule has 5 heteroatoms. The molecule has 5 nitrogen and oxygen atoms in total. The van der Waals surface area contributed by atoms with Crippen LogP contribution in [0.5, 0.6) is 0 Å². The second-order valence-corrected chi connectivity index (χ2v) is 6.16. The Morgan fingerprint density at radius 2 is 1.96 bits per heavy atom. The Kier molecular flexibility index (Phi) is 6.20. The summed E-state index contributed by atoms with van der Waals surface area (Å²) in [6.07, 6.45) is 7.66. The van der Waals surface area contributed by atoms with E-state index in [4.69, 9.17) is 0 Å². The molecule has 0 saturated carbocycles. The van der Waals surface area contributed by atoms with Gasteiger partial charge in [0.25, 0.3) is 0 Å². The van der Waals surface area contributed by atoms with E-state index >= 15 is 0 Å². The molecule has 0 spiro atoms. The molecule has 0 saturated heterocycles. The van der Waals surface area contributed by atoms with Crippen LogP contribution in [0.25, 0.3) is 0 Å². The minimum atomic E-state index is -0.202. The Labute approximate surface area is 137 Å². The summed E-state index contributed by atoms with van der Waals surface area (Å²) in [6, 6.07) is 7.39. The van der Waals surface area contributed by atoms with Crippen LogP contribution in [0.2, 0.25) is 0 Å². The lowest BCUT2D eigenvalue weighted by Crippen LogP contribution is -2.37. The number of hydrogen-bond donors (Lipinski definition) is 3. The van der Waals surface area contributed by atoms with E-state index in [2.05, 4.69) is 22.0 Å². The van der Waals surface area contributed by atoms with E-state index in [-0.39, 0.29) is 24.0 Å². The molecule has 1 aliphatic carbocycles. The molecule has 0 aliphatic heterocycles. The van der Waals surface area contributed by atoms with Gasteiger partial charge in [0.05, 0.1) is 6.42 Å². The third-order valence-electron chi connectivity index (χ3n) is 3.60. The molecule has 23 heavy (non-hydrogen) atoms. The van der Waals surface area contributed by atoms with Crippen molar-refractivity contribution in [2.24, 2.45) is 0 Å². The van der Waals surface area contributed by atoms with Crippen molar-refractivity contribution >= 4 is 17.6 Å². The lowest BCUT2D eigenvalue weighted by Gasteiger charge is -2.18. The number of urea groups is 1. The van der Waals surface area contributed by atoms with Crippen molar-refractivity contribution in [1.29, 1.82) is 0 Å². The molecular formula is C18H25N3O2. The number of anilines is 1. The van der Waals surface area contributed by atoms with Gasteiger partial charge in [0.15, 0.2) is 0 Å². The van der Waals surface area contributed by atoms with Crippen LogP contribution in [0.3, 0.4) is 0 Å². The summed E-state index contributed by atoms with van der Waals surface area (Å²) in [5, 5.41) is 8.61. The van der Waals surface area contributed by atoms with Gasteiger partial charge in [0, 0.05) is 17.8 Å². The standard InChI is InChI=1S/C18H25N3O2/c1-13(2)19-17(22)12-14-8-10-16(11-9-14)21-18(23)20-15-6-4-3-5-7-15/h4,6,8-11,13,15H,3,5,7,12H2,1-2H3,(H,19,22)(H2,20,21,23)/t15-/m0/s1. The number of allylic oxidation sites excluding steroid dienone is 1. The fourth-order valence-electron chi connectivity index (χ4n) is 2.53. The van der Waals surface area contributed by atoms with Gasteiger partial charge in [-0.3, -0.25) is 4.79 Å². The van der Waals surface area contributed by atoms with Crippen LogP contribution in [0, 0.1) is 0 Å². The van der Waals surface area contributed by atoms with Crippen LogP contribution in [0.15, 0.2) is 36.4 Å². The number of carbonyl (C=O) groups is 2. The van der Waals surface area contributed by atoms with E-state index in [1.807, 2.05) is 44.2 Å². The second-order valence-electron chi connectivity index (χ2n) is 6.16. The molecule has 124 valence electrons. The average molecular weight is 315 g/mol. The number of nitrogens with one attached hydrogen (secondary N) is 3. The number of benzene rings is 1. The second kappa shape index (κ2) is 8.36. The minimum Gasteiger partial charge on any atom is -0.354 e. The maximum atomic E-state index is 11.9. The largest absolute Gasteiger partial charge is 0.354 e. The number of carbonyl (C=O) groups excluding carboxylic acids is 2. The molecule has 3 N–H and O–H groups in total. The predicted octanol–water partition coefficient (Wildman–Crippen LogP) is 2.98. The summed E-state index contributed by atoms with van der Waals surface area (Å²) < 4.78 is 0. The zero-order valence-corrected chi connectivity index (χ0v) is 13.8. The molecule has 1 atom stereocenters. The van der Waals surface area contributed by atoms with Gasteiger partial charge < -0.3 is 16.0 Å². The smallest absolute Gasteiger partial charge is 0.319 e. The van der Waals surface area contributed by atoms with Gasteiger partial charge in [-0.1, -0.05) is 24.3 Å². The van der Waals surface area contributed by atoms with Crippen LogP contribution in [0.4, 0.5) is 10.5 Å². The normalized spacial score (nSPS) is 16.9. The van der Waals surface area contributed by atoms with Crippen molar-refractivity contribution in [3.63, 3.8) is 0 Å². The predicted molar refractivity (Wildman–Crippen MR) is 92.4 cm³/mol. The highest BCUT2D eigenvalue weighted by Crippen LogP contribution is 2.12. The van der Waals surface area contributed by atoms with Crippen molar-refractivity contribution in [2.75, 3.05) is 5.32 Å². The van der Waals surface area contributed by atoms with E-state index < -0.39 is 0 Å². The number of amides is 3. The van der Waals surface area contributed by atoms with Crippen LogP contribution < -0.4 is 16.0 Å². The van der Waals surface area contributed by atoms with Crippen molar-refractivity contribution < 1.29 is 9.59 Å². The molecule has 1 aliphatic rings. The summed E-state index contributed by atoms with van der Waals surface area (Å²) >= 11 is 0.